The normalized spacial score (nSPS) is 12.1. The fourth-order valence-electron chi connectivity index (χ4n) is 1.30. The third-order valence-electron chi connectivity index (χ3n) is 2.08. The van der Waals surface area contributed by atoms with Crippen LogP contribution in [0, 0.1) is 15.9 Å². The number of nitro benzene ring substituents is 1. The van der Waals surface area contributed by atoms with Gasteiger partial charge in [0.25, 0.3) is 5.69 Å². The largest absolute Gasteiger partial charge is 0.379 e. The Balaban J connectivity index is 2.64. The van der Waals surface area contributed by atoms with Crippen molar-refractivity contribution in [1.29, 1.82) is 0 Å². The molecule has 1 rings (SSSR count). The van der Waals surface area contributed by atoms with Gasteiger partial charge in [0.05, 0.1) is 11.0 Å². The zero-order chi connectivity index (χ0) is 12.8. The van der Waals surface area contributed by atoms with Crippen LogP contribution in [0.1, 0.15) is 6.42 Å². The van der Waals surface area contributed by atoms with Crippen molar-refractivity contribution in [2.24, 2.45) is 0 Å². The van der Waals surface area contributed by atoms with E-state index in [-0.39, 0.29) is 11.4 Å². The molecule has 1 atom stereocenters. The van der Waals surface area contributed by atoms with Gasteiger partial charge in [0, 0.05) is 29.4 Å². The summed E-state index contributed by atoms with van der Waals surface area (Å²) in [6.45, 7) is 0.464. The predicted molar refractivity (Wildman–Crippen MR) is 65.1 cm³/mol. The molecule has 94 valence electrons. The molecule has 0 heterocycles. The number of hydrogen-bond acceptors (Lipinski definition) is 4. The monoisotopic (exact) mass is 260 g/mol. The van der Waals surface area contributed by atoms with Crippen LogP contribution in [-0.2, 0) is 10.8 Å². The van der Waals surface area contributed by atoms with Crippen molar-refractivity contribution < 1.29 is 13.5 Å². The molecule has 0 amide bonds. The van der Waals surface area contributed by atoms with Crippen molar-refractivity contribution in [3.05, 3.63) is 34.1 Å². The second kappa shape index (κ2) is 6.29. The van der Waals surface area contributed by atoms with E-state index in [0.717, 1.165) is 12.1 Å². The standard InChI is InChI=1S/C10H13FN2O3S/c1-17(16)6-2-5-12-9-4-3-8(11)7-10(9)13(14)15/h3-4,7,12H,2,5-6H2,1H3. The maximum Gasteiger partial charge on any atom is 0.295 e. The minimum absolute atomic E-state index is 0.276. The minimum atomic E-state index is -0.875. The molecule has 17 heavy (non-hydrogen) atoms. The highest BCUT2D eigenvalue weighted by Crippen LogP contribution is 2.24. The molecule has 0 aliphatic carbocycles. The molecule has 1 aromatic carbocycles. The van der Waals surface area contributed by atoms with E-state index in [0.29, 0.717) is 18.7 Å². The molecule has 1 unspecified atom stereocenters. The van der Waals surface area contributed by atoms with Gasteiger partial charge in [-0.1, -0.05) is 0 Å². The maximum absolute atomic E-state index is 12.8. The zero-order valence-electron chi connectivity index (χ0n) is 9.31. The van der Waals surface area contributed by atoms with E-state index < -0.39 is 21.5 Å². The number of nitrogens with zero attached hydrogens (tertiary/aromatic N) is 1. The summed E-state index contributed by atoms with van der Waals surface area (Å²) in [6, 6.07) is 3.37. The predicted octanol–water partition coefficient (Wildman–Crippen LogP) is 1.91. The fourth-order valence-corrected chi connectivity index (χ4v) is 1.85. The molecule has 0 saturated heterocycles. The average molecular weight is 260 g/mol. The lowest BCUT2D eigenvalue weighted by atomic mass is 10.2. The lowest BCUT2D eigenvalue weighted by molar-refractivity contribution is -0.384. The Kier molecular flexibility index (Phi) is 5.02. The number of anilines is 1. The van der Waals surface area contributed by atoms with E-state index >= 15 is 0 Å². The topological polar surface area (TPSA) is 72.2 Å². The molecule has 0 aliphatic heterocycles. The number of nitro groups is 1. The van der Waals surface area contributed by atoms with E-state index in [9.17, 15) is 18.7 Å². The first-order valence-corrected chi connectivity index (χ1v) is 6.71. The van der Waals surface area contributed by atoms with Crippen molar-refractivity contribution in [3.63, 3.8) is 0 Å². The molecule has 5 nitrogen and oxygen atoms in total. The highest BCUT2D eigenvalue weighted by molar-refractivity contribution is 7.84. The van der Waals surface area contributed by atoms with Gasteiger partial charge in [-0.15, -0.1) is 0 Å². The Morgan fingerprint density at radius 1 is 1.53 bits per heavy atom. The Morgan fingerprint density at radius 2 is 2.24 bits per heavy atom. The molecule has 0 bridgehead atoms. The van der Waals surface area contributed by atoms with Crippen molar-refractivity contribution in [2.75, 3.05) is 23.9 Å². The molecule has 0 saturated carbocycles. The molecule has 0 fully saturated rings. The summed E-state index contributed by atoms with van der Waals surface area (Å²) >= 11 is 0. The van der Waals surface area contributed by atoms with Crippen molar-refractivity contribution in [1.82, 2.24) is 0 Å². The van der Waals surface area contributed by atoms with Gasteiger partial charge in [0.1, 0.15) is 11.5 Å². The molecule has 0 aromatic heterocycles. The van der Waals surface area contributed by atoms with Crippen LogP contribution in [0.3, 0.4) is 0 Å². The van der Waals surface area contributed by atoms with Crippen LogP contribution in [0.4, 0.5) is 15.8 Å². The van der Waals surface area contributed by atoms with Crippen LogP contribution in [0.15, 0.2) is 18.2 Å². The number of halogens is 1. The average Bonchev–Trinajstić information content (AvgIpc) is 2.25. The first-order valence-electron chi connectivity index (χ1n) is 4.98. The first-order chi connectivity index (χ1) is 8.00. The Hall–Kier alpha value is -1.50. The molecule has 1 aromatic rings. The minimum Gasteiger partial charge on any atom is -0.379 e. The van der Waals surface area contributed by atoms with Gasteiger partial charge in [0.15, 0.2) is 0 Å². The highest BCUT2D eigenvalue weighted by Gasteiger charge is 2.14. The van der Waals surface area contributed by atoms with Crippen LogP contribution in [-0.4, -0.2) is 27.7 Å². The summed E-state index contributed by atoms with van der Waals surface area (Å²) in [5.74, 6) is -0.112. The number of benzene rings is 1. The van der Waals surface area contributed by atoms with Crippen LogP contribution in [0.5, 0.6) is 0 Å². The molecule has 0 aliphatic rings. The summed E-state index contributed by atoms with van der Waals surface area (Å²) in [5, 5.41) is 13.5. The summed E-state index contributed by atoms with van der Waals surface area (Å²) in [4.78, 5) is 10.0. The lowest BCUT2D eigenvalue weighted by Gasteiger charge is -2.06. The van der Waals surface area contributed by atoms with E-state index in [1.165, 1.54) is 6.07 Å². The molecular formula is C10H13FN2O3S. The zero-order valence-corrected chi connectivity index (χ0v) is 10.1. The Morgan fingerprint density at radius 3 is 2.82 bits per heavy atom. The summed E-state index contributed by atoms with van der Waals surface area (Å²) in [7, 11) is -0.875. The highest BCUT2D eigenvalue weighted by atomic mass is 32.2. The smallest absolute Gasteiger partial charge is 0.295 e. The maximum atomic E-state index is 12.8. The van der Waals surface area contributed by atoms with Crippen LogP contribution < -0.4 is 5.32 Å². The van der Waals surface area contributed by atoms with E-state index in [1.807, 2.05) is 0 Å². The van der Waals surface area contributed by atoms with Gasteiger partial charge >= 0.3 is 0 Å². The Bertz CT molecular complexity index is 440. The van der Waals surface area contributed by atoms with Gasteiger partial charge in [-0.3, -0.25) is 14.3 Å². The number of rotatable bonds is 6. The van der Waals surface area contributed by atoms with Gasteiger partial charge < -0.3 is 5.32 Å². The first kappa shape index (κ1) is 13.6. The molecule has 1 N–H and O–H groups in total. The molecular weight excluding hydrogens is 247 g/mol. The number of hydrogen-bond donors (Lipinski definition) is 1. The molecule has 7 heteroatoms. The SMILES string of the molecule is CS(=O)CCCNc1ccc(F)cc1[N+](=O)[O-]. The molecule has 0 spiro atoms. The van der Waals surface area contributed by atoms with Crippen molar-refractivity contribution in [2.45, 2.75) is 6.42 Å². The summed E-state index contributed by atoms with van der Waals surface area (Å²) < 4.78 is 23.6. The third kappa shape index (κ3) is 4.48. The lowest BCUT2D eigenvalue weighted by Crippen LogP contribution is -2.07. The van der Waals surface area contributed by atoms with Crippen LogP contribution >= 0.6 is 0 Å². The third-order valence-corrected chi connectivity index (χ3v) is 2.94. The van der Waals surface area contributed by atoms with Crippen LogP contribution in [0.2, 0.25) is 0 Å². The molecule has 0 radical (unpaired) electrons. The van der Waals surface area contributed by atoms with Gasteiger partial charge in [0.2, 0.25) is 0 Å². The van der Waals surface area contributed by atoms with Crippen molar-refractivity contribution in [3.8, 4) is 0 Å². The fraction of sp³-hybridized carbons (Fsp3) is 0.400. The van der Waals surface area contributed by atoms with Gasteiger partial charge in [-0.2, -0.15) is 0 Å². The van der Waals surface area contributed by atoms with E-state index in [2.05, 4.69) is 5.32 Å². The van der Waals surface area contributed by atoms with Crippen LogP contribution in [0.25, 0.3) is 0 Å². The quantitative estimate of drug-likeness (QED) is 0.482. The van der Waals surface area contributed by atoms with Crippen molar-refractivity contribution >= 4 is 22.2 Å². The summed E-state index contributed by atoms with van der Waals surface area (Å²) in [6.07, 6.45) is 2.23. The number of nitrogens with one attached hydrogen (secondary N) is 1. The van der Waals surface area contributed by atoms with Gasteiger partial charge in [-0.25, -0.2) is 4.39 Å². The van der Waals surface area contributed by atoms with E-state index in [1.54, 1.807) is 6.26 Å². The van der Waals surface area contributed by atoms with E-state index in [4.69, 9.17) is 0 Å². The summed E-state index contributed by atoms with van der Waals surface area (Å²) in [5.41, 5.74) is -0.0130. The Labute approximate surface area is 101 Å². The van der Waals surface area contributed by atoms with Gasteiger partial charge in [-0.05, 0) is 18.6 Å². The second-order valence-electron chi connectivity index (χ2n) is 3.48. The second-order valence-corrected chi connectivity index (χ2v) is 5.03.